The lowest BCUT2D eigenvalue weighted by atomic mass is 10.0. The van der Waals surface area contributed by atoms with Crippen LogP contribution >= 0.6 is 7.82 Å². The summed E-state index contributed by atoms with van der Waals surface area (Å²) in [5, 5.41) is 14.2. The summed E-state index contributed by atoms with van der Waals surface area (Å²) < 4.78 is 24.0. The number of likely N-dealkylation sites (N-methyl/N-ethyl adjacent to an activating group) is 1. The van der Waals surface area contributed by atoms with E-state index in [4.69, 9.17) is 9.05 Å². The molecule has 3 atom stereocenters. The number of phosphoric ester groups is 1. The van der Waals surface area contributed by atoms with Crippen molar-refractivity contribution in [2.45, 2.75) is 475 Å². The lowest BCUT2D eigenvalue weighted by Gasteiger charge is -2.26. The van der Waals surface area contributed by atoms with Crippen LogP contribution < -0.4 is 5.32 Å². The Hall–Kier alpha value is -0.500. The number of phosphoric acid groups is 1. The summed E-state index contributed by atoms with van der Waals surface area (Å²) >= 11 is 0. The van der Waals surface area contributed by atoms with Gasteiger partial charge in [0, 0.05) is 6.42 Å². The molecule has 3 N–H and O–H groups in total. The molecular formula is C81H166N2O6P+. The van der Waals surface area contributed by atoms with Gasteiger partial charge in [-0.3, -0.25) is 13.8 Å². The van der Waals surface area contributed by atoms with E-state index in [9.17, 15) is 19.4 Å². The molecule has 90 heavy (non-hydrogen) atoms. The first-order chi connectivity index (χ1) is 44.0. The molecule has 0 aliphatic rings. The third kappa shape index (κ3) is 74.9. The first kappa shape index (κ1) is 89.5. The predicted molar refractivity (Wildman–Crippen MR) is 397 cm³/mol. The molecule has 0 aliphatic carbocycles. The molecule has 3 unspecified atom stereocenters. The fraction of sp³-hybridized carbons (Fsp3) is 0.988. The monoisotopic (exact) mass is 1290 g/mol. The maximum absolute atomic E-state index is 13.1. The third-order valence-corrected chi connectivity index (χ3v) is 20.8. The average molecular weight is 1300 g/mol. The van der Waals surface area contributed by atoms with Crippen molar-refractivity contribution in [3.05, 3.63) is 0 Å². The fourth-order valence-electron chi connectivity index (χ4n) is 13.5. The molecule has 0 spiro atoms. The largest absolute Gasteiger partial charge is 0.472 e. The quantitative estimate of drug-likeness (QED) is 0.0318. The highest BCUT2D eigenvalue weighted by atomic mass is 31.2. The van der Waals surface area contributed by atoms with Crippen LogP contribution in [0, 0.1) is 0 Å². The van der Waals surface area contributed by atoms with Crippen LogP contribution in [0.4, 0.5) is 0 Å². The molecule has 0 aromatic rings. The molecule has 0 saturated heterocycles. The maximum Gasteiger partial charge on any atom is 0.472 e. The van der Waals surface area contributed by atoms with E-state index in [0.717, 1.165) is 38.5 Å². The van der Waals surface area contributed by atoms with Crippen molar-refractivity contribution in [1.29, 1.82) is 0 Å². The topological polar surface area (TPSA) is 105 Å². The van der Waals surface area contributed by atoms with E-state index in [1.165, 1.54) is 398 Å². The first-order valence-electron chi connectivity index (χ1n) is 41.4. The second-order valence-corrected chi connectivity index (χ2v) is 31.7. The average Bonchev–Trinajstić information content (AvgIpc) is 3.73. The zero-order valence-electron chi connectivity index (χ0n) is 62.2. The van der Waals surface area contributed by atoms with Crippen LogP contribution in [0.25, 0.3) is 0 Å². The van der Waals surface area contributed by atoms with E-state index in [1.807, 2.05) is 21.1 Å². The summed E-state index contributed by atoms with van der Waals surface area (Å²) in [6, 6.07) is -0.758. The van der Waals surface area contributed by atoms with Crippen LogP contribution in [0.3, 0.4) is 0 Å². The van der Waals surface area contributed by atoms with Gasteiger partial charge in [-0.05, 0) is 12.8 Å². The van der Waals surface area contributed by atoms with Crippen LogP contribution in [0.5, 0.6) is 0 Å². The summed E-state index contributed by atoms with van der Waals surface area (Å²) in [4.78, 5) is 23.5. The molecule has 0 bridgehead atoms. The van der Waals surface area contributed by atoms with Crippen LogP contribution in [0.15, 0.2) is 0 Å². The van der Waals surface area contributed by atoms with E-state index in [2.05, 4.69) is 19.2 Å². The lowest BCUT2D eigenvalue weighted by Crippen LogP contribution is -2.46. The van der Waals surface area contributed by atoms with Crippen LogP contribution in [-0.4, -0.2) is 73.4 Å². The molecule has 8 nitrogen and oxygen atoms in total. The Morgan fingerprint density at radius 3 is 0.744 bits per heavy atom. The second-order valence-electron chi connectivity index (χ2n) is 30.2. The Balaban J connectivity index is 3.86. The molecule has 9 heteroatoms. The van der Waals surface area contributed by atoms with Crippen molar-refractivity contribution in [3.63, 3.8) is 0 Å². The van der Waals surface area contributed by atoms with E-state index in [1.54, 1.807) is 0 Å². The summed E-state index contributed by atoms with van der Waals surface area (Å²) in [7, 11) is 1.65. The molecule has 0 aliphatic heterocycles. The standard InChI is InChI=1S/C81H165N2O6P/c1-6-8-10-12-14-16-18-20-22-24-26-28-30-32-34-36-38-39-40-41-42-43-44-45-47-49-51-53-55-57-59-61-63-65-67-69-71-73-75-81(85)82-79(78-89-90(86,87)88-77-76-83(3,4)5)80(84)74-72-70-68-66-64-62-60-58-56-54-52-50-48-46-37-35-33-31-29-27-25-23-21-19-17-15-13-11-9-7-2/h79-80,84H,6-78H2,1-5H3,(H-,82,85,86,87)/p+1. The highest BCUT2D eigenvalue weighted by Crippen LogP contribution is 2.43. The highest BCUT2D eigenvalue weighted by molar-refractivity contribution is 7.47. The summed E-state index contributed by atoms with van der Waals surface area (Å²) in [5.41, 5.74) is 0. The summed E-state index contributed by atoms with van der Waals surface area (Å²) in [6.07, 6.45) is 94.2. The molecule has 540 valence electrons. The molecule has 1 amide bonds. The van der Waals surface area contributed by atoms with Gasteiger partial charge < -0.3 is 19.8 Å². The van der Waals surface area contributed by atoms with Crippen molar-refractivity contribution in [1.82, 2.24) is 5.32 Å². The fourth-order valence-corrected chi connectivity index (χ4v) is 14.2. The van der Waals surface area contributed by atoms with Gasteiger partial charge in [0.15, 0.2) is 0 Å². The summed E-state index contributed by atoms with van der Waals surface area (Å²) in [6.45, 7) is 4.98. The van der Waals surface area contributed by atoms with Gasteiger partial charge in [0.1, 0.15) is 13.2 Å². The van der Waals surface area contributed by atoms with Gasteiger partial charge in [0.2, 0.25) is 5.91 Å². The zero-order chi connectivity index (χ0) is 65.5. The number of rotatable bonds is 79. The van der Waals surface area contributed by atoms with Crippen molar-refractivity contribution in [3.8, 4) is 0 Å². The second kappa shape index (κ2) is 72.8. The SMILES string of the molecule is CCCCCCCCCCCCCCCCCCCCCCCCCCCCCCCCCCCCCCCCC(=O)NC(COP(=O)(O)OCC[N+](C)(C)C)C(O)CCCCCCCCCCCCCCCCCCCCCCCCCCCCCCCC. The van der Waals surface area contributed by atoms with Crippen LogP contribution in [-0.2, 0) is 18.4 Å². The number of carbonyl (C=O) groups excluding carboxylic acids is 1. The Labute approximate surface area is 565 Å². The Bertz CT molecular complexity index is 1430. The number of aliphatic hydroxyl groups excluding tert-OH is 1. The minimum atomic E-state index is -4.33. The zero-order valence-corrected chi connectivity index (χ0v) is 63.1. The number of nitrogens with zero attached hydrogens (tertiary/aromatic N) is 1. The number of unbranched alkanes of at least 4 members (excludes halogenated alkanes) is 66. The van der Waals surface area contributed by atoms with Gasteiger partial charge in [-0.25, -0.2) is 4.57 Å². The van der Waals surface area contributed by atoms with Gasteiger partial charge in [-0.1, -0.05) is 444 Å². The Kier molecular flexibility index (Phi) is 72.4. The molecule has 0 aromatic heterocycles. The van der Waals surface area contributed by atoms with E-state index in [-0.39, 0.29) is 19.1 Å². The molecule has 0 aromatic carbocycles. The van der Waals surface area contributed by atoms with Gasteiger partial charge in [-0.2, -0.15) is 0 Å². The number of nitrogens with one attached hydrogen (secondary N) is 1. The molecule has 0 heterocycles. The minimum absolute atomic E-state index is 0.0797. The predicted octanol–water partition coefficient (Wildman–Crippen LogP) is 27.0. The number of hydrogen-bond donors (Lipinski definition) is 3. The van der Waals surface area contributed by atoms with Crippen molar-refractivity contribution in [2.75, 3.05) is 40.9 Å². The number of carbonyl (C=O) groups is 1. The number of quaternary nitrogens is 1. The Morgan fingerprint density at radius 1 is 0.333 bits per heavy atom. The maximum atomic E-state index is 13.1. The summed E-state index contributed by atoms with van der Waals surface area (Å²) in [5.74, 6) is -0.131. The smallest absolute Gasteiger partial charge is 0.391 e. The molecular weight excluding hydrogens is 1130 g/mol. The van der Waals surface area contributed by atoms with Crippen LogP contribution in [0.1, 0.15) is 463 Å². The van der Waals surface area contributed by atoms with E-state index in [0.29, 0.717) is 23.9 Å². The van der Waals surface area contributed by atoms with Crippen molar-refractivity contribution < 1.29 is 32.9 Å². The van der Waals surface area contributed by atoms with Crippen molar-refractivity contribution in [2.24, 2.45) is 0 Å². The number of hydrogen-bond acceptors (Lipinski definition) is 5. The minimum Gasteiger partial charge on any atom is -0.391 e. The van der Waals surface area contributed by atoms with Gasteiger partial charge in [-0.15, -0.1) is 0 Å². The molecule has 0 radical (unpaired) electrons. The van der Waals surface area contributed by atoms with Crippen LogP contribution in [0.2, 0.25) is 0 Å². The van der Waals surface area contributed by atoms with Gasteiger partial charge in [0.25, 0.3) is 0 Å². The number of aliphatic hydroxyl groups is 1. The molecule has 0 rings (SSSR count). The van der Waals surface area contributed by atoms with E-state index < -0.39 is 20.0 Å². The Morgan fingerprint density at radius 2 is 0.533 bits per heavy atom. The third-order valence-electron chi connectivity index (χ3n) is 19.9. The first-order valence-corrected chi connectivity index (χ1v) is 42.9. The molecule has 0 saturated carbocycles. The van der Waals surface area contributed by atoms with E-state index >= 15 is 0 Å². The molecule has 0 fully saturated rings. The normalized spacial score (nSPS) is 13.4. The van der Waals surface area contributed by atoms with Crippen molar-refractivity contribution >= 4 is 13.7 Å². The number of amides is 1. The lowest BCUT2D eigenvalue weighted by molar-refractivity contribution is -0.870. The van der Waals surface area contributed by atoms with Gasteiger partial charge >= 0.3 is 7.82 Å². The van der Waals surface area contributed by atoms with Gasteiger partial charge in [0.05, 0.1) is 39.9 Å². The highest BCUT2D eigenvalue weighted by Gasteiger charge is 2.28.